The maximum atomic E-state index is 11.1. The minimum Gasteiger partial charge on any atom is -0.480 e. The number of nitrogens with one attached hydrogen (secondary N) is 1. The largest absolute Gasteiger partial charge is 0.480 e. The van der Waals surface area contributed by atoms with Crippen LogP contribution < -0.4 is 11.1 Å². The van der Waals surface area contributed by atoms with Crippen LogP contribution in [0.5, 0.6) is 0 Å². The third-order valence-corrected chi connectivity index (χ3v) is 2.22. The smallest absolute Gasteiger partial charge is 0.326 e. The molecule has 0 fully saturated rings. The molecular formula is C12H14N2O3. The number of carbonyl (C=O) groups is 2. The van der Waals surface area contributed by atoms with Crippen molar-refractivity contribution in [1.82, 2.24) is 5.32 Å². The summed E-state index contributed by atoms with van der Waals surface area (Å²) in [7, 11) is 0. The average Bonchev–Trinajstić information content (AvgIpc) is 2.30. The monoisotopic (exact) mass is 234 g/mol. The van der Waals surface area contributed by atoms with Gasteiger partial charge in [0.25, 0.3) is 0 Å². The second-order valence-electron chi connectivity index (χ2n) is 3.55. The summed E-state index contributed by atoms with van der Waals surface area (Å²) in [6.45, 7) is 3.27. The first-order valence-corrected chi connectivity index (χ1v) is 5.03. The summed E-state index contributed by atoms with van der Waals surface area (Å²) in [6.07, 6.45) is 1.24. The lowest BCUT2D eigenvalue weighted by Crippen LogP contribution is -2.41. The lowest BCUT2D eigenvalue weighted by atomic mass is 10.1. The third-order valence-electron chi connectivity index (χ3n) is 2.22. The topological polar surface area (TPSA) is 92.4 Å². The standard InChI is InChI=1S/C12H14N2O3/c1-2-11(15)14-10(12(16)17)7-8-3-5-9(13)6-4-8/h2-6,10H,1,7,13H2,(H,14,15)(H,16,17). The quantitative estimate of drug-likeness (QED) is 0.513. The van der Waals surface area contributed by atoms with E-state index in [-0.39, 0.29) is 6.42 Å². The number of hydrogen-bond acceptors (Lipinski definition) is 3. The number of nitrogen functional groups attached to an aromatic ring is 1. The van der Waals surface area contributed by atoms with Crippen LogP contribution in [0.4, 0.5) is 5.69 Å². The van der Waals surface area contributed by atoms with Gasteiger partial charge in [0.1, 0.15) is 6.04 Å². The Morgan fingerprint density at radius 2 is 2.00 bits per heavy atom. The van der Waals surface area contributed by atoms with E-state index in [0.29, 0.717) is 5.69 Å². The Morgan fingerprint density at radius 3 is 2.47 bits per heavy atom. The van der Waals surface area contributed by atoms with Crippen LogP contribution in [0.25, 0.3) is 0 Å². The second-order valence-corrected chi connectivity index (χ2v) is 3.55. The number of nitrogens with two attached hydrogens (primary N) is 1. The molecule has 0 saturated carbocycles. The normalized spacial score (nSPS) is 11.5. The fourth-order valence-corrected chi connectivity index (χ4v) is 1.32. The Labute approximate surface area is 98.9 Å². The molecule has 0 heterocycles. The molecule has 0 spiro atoms. The van der Waals surface area contributed by atoms with E-state index in [9.17, 15) is 9.59 Å². The van der Waals surface area contributed by atoms with Gasteiger partial charge in [0.15, 0.2) is 0 Å². The summed E-state index contributed by atoms with van der Waals surface area (Å²) in [5, 5.41) is 11.3. The van der Waals surface area contributed by atoms with Gasteiger partial charge in [-0.3, -0.25) is 4.79 Å². The molecule has 1 atom stereocenters. The van der Waals surface area contributed by atoms with Crippen molar-refractivity contribution in [2.24, 2.45) is 0 Å². The highest BCUT2D eigenvalue weighted by Gasteiger charge is 2.18. The van der Waals surface area contributed by atoms with E-state index >= 15 is 0 Å². The zero-order valence-corrected chi connectivity index (χ0v) is 9.22. The molecule has 0 aliphatic carbocycles. The Hall–Kier alpha value is -2.30. The molecule has 1 aromatic rings. The SMILES string of the molecule is C=CC(=O)NC(Cc1ccc(N)cc1)C(=O)O. The number of amides is 1. The predicted molar refractivity (Wildman–Crippen MR) is 64.3 cm³/mol. The van der Waals surface area contributed by atoms with Crippen molar-refractivity contribution < 1.29 is 14.7 Å². The molecule has 0 saturated heterocycles. The molecule has 0 bridgehead atoms. The number of hydrogen-bond donors (Lipinski definition) is 3. The molecule has 0 aliphatic rings. The van der Waals surface area contributed by atoms with E-state index in [2.05, 4.69) is 11.9 Å². The highest BCUT2D eigenvalue weighted by Crippen LogP contribution is 2.08. The lowest BCUT2D eigenvalue weighted by molar-refractivity contribution is -0.141. The molecule has 90 valence electrons. The fraction of sp³-hybridized carbons (Fsp3) is 0.167. The van der Waals surface area contributed by atoms with Crippen molar-refractivity contribution in [3.63, 3.8) is 0 Å². The molecule has 1 aromatic carbocycles. The van der Waals surface area contributed by atoms with Gasteiger partial charge in [-0.05, 0) is 23.8 Å². The van der Waals surface area contributed by atoms with E-state index in [4.69, 9.17) is 10.8 Å². The summed E-state index contributed by atoms with van der Waals surface area (Å²) < 4.78 is 0. The number of aliphatic carboxylic acids is 1. The van der Waals surface area contributed by atoms with E-state index in [1.165, 1.54) is 0 Å². The molecular weight excluding hydrogens is 220 g/mol. The molecule has 0 radical (unpaired) electrons. The van der Waals surface area contributed by atoms with Crippen LogP contribution in [0.2, 0.25) is 0 Å². The van der Waals surface area contributed by atoms with Gasteiger partial charge in [0.05, 0.1) is 0 Å². The maximum Gasteiger partial charge on any atom is 0.326 e. The summed E-state index contributed by atoms with van der Waals surface area (Å²) in [5.74, 6) is -1.59. The first kappa shape index (κ1) is 12.8. The van der Waals surface area contributed by atoms with Gasteiger partial charge in [-0.1, -0.05) is 18.7 Å². The van der Waals surface area contributed by atoms with Crippen molar-refractivity contribution in [2.45, 2.75) is 12.5 Å². The zero-order chi connectivity index (χ0) is 12.8. The van der Waals surface area contributed by atoms with Gasteiger partial charge >= 0.3 is 5.97 Å². The Kier molecular flexibility index (Phi) is 4.28. The number of anilines is 1. The van der Waals surface area contributed by atoms with Crippen LogP contribution in [-0.2, 0) is 16.0 Å². The first-order chi connectivity index (χ1) is 8.02. The van der Waals surface area contributed by atoms with Gasteiger partial charge in [-0.2, -0.15) is 0 Å². The predicted octanol–water partition coefficient (Wildman–Crippen LogP) is 0.567. The van der Waals surface area contributed by atoms with Crippen LogP contribution >= 0.6 is 0 Å². The number of carbonyl (C=O) groups excluding carboxylic acids is 1. The number of carboxylic acids is 1. The second kappa shape index (κ2) is 5.69. The van der Waals surface area contributed by atoms with E-state index in [1.807, 2.05) is 0 Å². The molecule has 1 unspecified atom stereocenters. The first-order valence-electron chi connectivity index (χ1n) is 5.03. The van der Waals surface area contributed by atoms with Crippen LogP contribution in [0, 0.1) is 0 Å². The Morgan fingerprint density at radius 1 is 1.41 bits per heavy atom. The highest BCUT2D eigenvalue weighted by atomic mass is 16.4. The van der Waals surface area contributed by atoms with E-state index in [0.717, 1.165) is 11.6 Å². The molecule has 0 aromatic heterocycles. The summed E-state index contributed by atoms with van der Waals surface area (Å²) in [6, 6.07) is 5.85. The minimum atomic E-state index is -1.09. The third kappa shape index (κ3) is 3.98. The van der Waals surface area contributed by atoms with Crippen LogP contribution in [0.3, 0.4) is 0 Å². The Bertz CT molecular complexity index is 426. The molecule has 4 N–H and O–H groups in total. The van der Waals surface area contributed by atoms with Crippen molar-refractivity contribution in [2.75, 3.05) is 5.73 Å². The number of rotatable bonds is 5. The van der Waals surface area contributed by atoms with Gasteiger partial charge in [-0.25, -0.2) is 4.79 Å². The molecule has 5 heteroatoms. The molecule has 5 nitrogen and oxygen atoms in total. The summed E-state index contributed by atoms with van der Waals surface area (Å²) in [5.41, 5.74) is 6.92. The molecule has 0 aliphatic heterocycles. The summed E-state index contributed by atoms with van der Waals surface area (Å²) >= 11 is 0. The van der Waals surface area contributed by atoms with Gasteiger partial charge in [0.2, 0.25) is 5.91 Å². The van der Waals surface area contributed by atoms with Gasteiger partial charge < -0.3 is 16.2 Å². The zero-order valence-electron chi connectivity index (χ0n) is 9.22. The lowest BCUT2D eigenvalue weighted by Gasteiger charge is -2.13. The molecule has 17 heavy (non-hydrogen) atoms. The highest BCUT2D eigenvalue weighted by molar-refractivity contribution is 5.90. The van der Waals surface area contributed by atoms with E-state index in [1.54, 1.807) is 24.3 Å². The van der Waals surface area contributed by atoms with Crippen molar-refractivity contribution >= 4 is 17.6 Å². The van der Waals surface area contributed by atoms with Crippen molar-refractivity contribution in [1.29, 1.82) is 0 Å². The van der Waals surface area contributed by atoms with Gasteiger partial charge in [0, 0.05) is 12.1 Å². The molecule has 1 amide bonds. The number of benzene rings is 1. The summed E-state index contributed by atoms with van der Waals surface area (Å²) in [4.78, 5) is 22.0. The van der Waals surface area contributed by atoms with Crippen LogP contribution in [0.15, 0.2) is 36.9 Å². The van der Waals surface area contributed by atoms with Crippen molar-refractivity contribution in [3.8, 4) is 0 Å². The Balaban J connectivity index is 2.73. The molecule has 1 rings (SSSR count). The minimum absolute atomic E-state index is 0.204. The number of carboxylic acid groups (broad SMARTS) is 1. The van der Waals surface area contributed by atoms with Crippen molar-refractivity contribution in [3.05, 3.63) is 42.5 Å². The van der Waals surface area contributed by atoms with Crippen LogP contribution in [-0.4, -0.2) is 23.0 Å². The van der Waals surface area contributed by atoms with Gasteiger partial charge in [-0.15, -0.1) is 0 Å². The maximum absolute atomic E-state index is 11.1. The van der Waals surface area contributed by atoms with Crippen LogP contribution in [0.1, 0.15) is 5.56 Å². The average molecular weight is 234 g/mol. The fourth-order valence-electron chi connectivity index (χ4n) is 1.32. The van der Waals surface area contributed by atoms with E-state index < -0.39 is 17.9 Å².